The molecule has 0 amide bonds. The van der Waals surface area contributed by atoms with Crippen molar-refractivity contribution in [3.8, 4) is 0 Å². The molecule has 2 rings (SSSR count). The van der Waals surface area contributed by atoms with Crippen LogP contribution in [0, 0.1) is 18.3 Å². The maximum atomic E-state index is 4.43. The first-order chi connectivity index (χ1) is 7.47. The Balaban J connectivity index is 1.95. The SMILES string of the molecule is Cc1ncn(C2CCC(C(C)(C)C)CC2)n1. The van der Waals surface area contributed by atoms with Crippen LogP contribution in [0.3, 0.4) is 0 Å². The monoisotopic (exact) mass is 221 g/mol. The highest BCUT2D eigenvalue weighted by atomic mass is 15.3. The van der Waals surface area contributed by atoms with E-state index in [2.05, 4.69) is 35.5 Å². The first kappa shape index (κ1) is 11.6. The van der Waals surface area contributed by atoms with Gasteiger partial charge in [0, 0.05) is 0 Å². The lowest BCUT2D eigenvalue weighted by Crippen LogP contribution is -2.27. The third kappa shape index (κ3) is 2.45. The molecule has 0 bridgehead atoms. The van der Waals surface area contributed by atoms with Crippen LogP contribution in [0.5, 0.6) is 0 Å². The number of hydrogen-bond acceptors (Lipinski definition) is 2. The van der Waals surface area contributed by atoms with E-state index in [1.54, 1.807) is 0 Å². The highest BCUT2D eigenvalue weighted by Gasteiger charge is 2.30. The number of rotatable bonds is 1. The van der Waals surface area contributed by atoms with Crippen LogP contribution in [0.4, 0.5) is 0 Å². The van der Waals surface area contributed by atoms with E-state index < -0.39 is 0 Å². The van der Waals surface area contributed by atoms with Crippen molar-refractivity contribution >= 4 is 0 Å². The van der Waals surface area contributed by atoms with Gasteiger partial charge in [0.1, 0.15) is 12.2 Å². The number of aryl methyl sites for hydroxylation is 1. The Hall–Kier alpha value is -0.860. The van der Waals surface area contributed by atoms with Crippen molar-refractivity contribution in [3.05, 3.63) is 12.2 Å². The summed E-state index contributed by atoms with van der Waals surface area (Å²) in [5.74, 6) is 1.76. The Bertz CT molecular complexity index is 340. The zero-order chi connectivity index (χ0) is 11.8. The van der Waals surface area contributed by atoms with Crippen LogP contribution in [-0.2, 0) is 0 Å². The molecular formula is C13H23N3. The summed E-state index contributed by atoms with van der Waals surface area (Å²) in [6.07, 6.45) is 7.05. The van der Waals surface area contributed by atoms with Gasteiger partial charge in [0.25, 0.3) is 0 Å². The van der Waals surface area contributed by atoms with Crippen LogP contribution >= 0.6 is 0 Å². The third-order valence-electron chi connectivity index (χ3n) is 3.92. The number of nitrogens with zero attached hydrogens (tertiary/aromatic N) is 3. The van der Waals surface area contributed by atoms with Crippen LogP contribution in [0.1, 0.15) is 58.3 Å². The Labute approximate surface area is 98.3 Å². The second-order valence-corrected chi connectivity index (χ2v) is 6.14. The average molecular weight is 221 g/mol. The fourth-order valence-electron chi connectivity index (χ4n) is 2.74. The molecule has 1 saturated carbocycles. The quantitative estimate of drug-likeness (QED) is 0.728. The second-order valence-electron chi connectivity index (χ2n) is 6.14. The van der Waals surface area contributed by atoms with Gasteiger partial charge in [-0.3, -0.25) is 0 Å². The van der Waals surface area contributed by atoms with Crippen LogP contribution in [0.2, 0.25) is 0 Å². The summed E-state index contributed by atoms with van der Waals surface area (Å²) >= 11 is 0. The van der Waals surface area contributed by atoms with Gasteiger partial charge in [-0.2, -0.15) is 5.10 Å². The predicted octanol–water partition coefficient (Wildman–Crippen LogP) is 3.36. The van der Waals surface area contributed by atoms with Crippen LogP contribution < -0.4 is 0 Å². The standard InChI is InChI=1S/C13H23N3/c1-10-14-9-16(15-10)12-7-5-11(6-8-12)13(2,3)4/h9,11-12H,5-8H2,1-4H3. The first-order valence-electron chi connectivity index (χ1n) is 6.34. The summed E-state index contributed by atoms with van der Waals surface area (Å²) in [5.41, 5.74) is 0.462. The Kier molecular flexibility index (Phi) is 3.04. The van der Waals surface area contributed by atoms with Gasteiger partial charge in [0.15, 0.2) is 0 Å². The maximum absolute atomic E-state index is 4.43. The molecule has 0 spiro atoms. The average Bonchev–Trinajstić information content (AvgIpc) is 2.64. The molecule has 0 N–H and O–H groups in total. The van der Waals surface area contributed by atoms with Gasteiger partial charge in [-0.25, -0.2) is 9.67 Å². The smallest absolute Gasteiger partial charge is 0.147 e. The lowest BCUT2D eigenvalue weighted by molar-refractivity contribution is 0.147. The van der Waals surface area contributed by atoms with Crippen LogP contribution in [0.15, 0.2) is 6.33 Å². The van der Waals surface area contributed by atoms with Gasteiger partial charge in [0.2, 0.25) is 0 Å². The summed E-state index contributed by atoms with van der Waals surface area (Å²) in [6, 6.07) is 0.583. The van der Waals surface area contributed by atoms with Crippen LogP contribution in [0.25, 0.3) is 0 Å². The molecule has 0 radical (unpaired) electrons. The molecule has 1 aliphatic rings. The van der Waals surface area contributed by atoms with Crippen molar-refractivity contribution in [2.45, 2.75) is 59.4 Å². The van der Waals surface area contributed by atoms with Gasteiger partial charge < -0.3 is 0 Å². The van der Waals surface area contributed by atoms with Crippen molar-refractivity contribution in [2.75, 3.05) is 0 Å². The summed E-state index contributed by atoms with van der Waals surface area (Å²) in [6.45, 7) is 9.03. The first-order valence-corrected chi connectivity index (χ1v) is 6.34. The van der Waals surface area contributed by atoms with Crippen molar-refractivity contribution in [1.29, 1.82) is 0 Å². The summed E-state index contributed by atoms with van der Waals surface area (Å²) < 4.78 is 2.06. The molecule has 1 aliphatic carbocycles. The molecule has 1 heterocycles. The van der Waals surface area contributed by atoms with Gasteiger partial charge in [-0.15, -0.1) is 0 Å². The number of aromatic nitrogens is 3. The molecule has 0 aromatic carbocycles. The van der Waals surface area contributed by atoms with Crippen molar-refractivity contribution in [3.63, 3.8) is 0 Å². The van der Waals surface area contributed by atoms with E-state index in [0.29, 0.717) is 11.5 Å². The molecule has 90 valence electrons. The molecule has 16 heavy (non-hydrogen) atoms. The minimum atomic E-state index is 0.462. The van der Waals surface area contributed by atoms with E-state index in [1.807, 2.05) is 13.3 Å². The predicted molar refractivity (Wildman–Crippen MR) is 65.2 cm³/mol. The molecule has 0 aliphatic heterocycles. The molecule has 0 atom stereocenters. The van der Waals surface area contributed by atoms with Gasteiger partial charge >= 0.3 is 0 Å². The fourth-order valence-corrected chi connectivity index (χ4v) is 2.74. The minimum Gasteiger partial charge on any atom is -0.250 e. The highest BCUT2D eigenvalue weighted by molar-refractivity contribution is 4.85. The lowest BCUT2D eigenvalue weighted by atomic mass is 9.71. The molecule has 0 unspecified atom stereocenters. The van der Waals surface area contributed by atoms with E-state index in [9.17, 15) is 0 Å². The van der Waals surface area contributed by atoms with E-state index in [-0.39, 0.29) is 0 Å². The normalized spacial score (nSPS) is 27.0. The Morgan fingerprint density at radius 1 is 1.19 bits per heavy atom. The molecule has 3 heteroatoms. The second kappa shape index (κ2) is 4.19. The largest absolute Gasteiger partial charge is 0.250 e. The Morgan fingerprint density at radius 3 is 2.25 bits per heavy atom. The van der Waals surface area contributed by atoms with Gasteiger partial charge in [0.05, 0.1) is 6.04 Å². The lowest BCUT2D eigenvalue weighted by Gasteiger charge is -2.36. The summed E-state index contributed by atoms with van der Waals surface area (Å²) in [5, 5.41) is 4.43. The summed E-state index contributed by atoms with van der Waals surface area (Å²) in [7, 11) is 0. The van der Waals surface area contributed by atoms with Gasteiger partial charge in [-0.1, -0.05) is 20.8 Å². The summed E-state index contributed by atoms with van der Waals surface area (Å²) in [4.78, 5) is 4.21. The minimum absolute atomic E-state index is 0.462. The fraction of sp³-hybridized carbons (Fsp3) is 0.846. The van der Waals surface area contributed by atoms with Crippen molar-refractivity contribution in [2.24, 2.45) is 11.3 Å². The zero-order valence-electron chi connectivity index (χ0n) is 10.9. The highest BCUT2D eigenvalue weighted by Crippen LogP contribution is 2.40. The number of hydrogen-bond donors (Lipinski definition) is 0. The Morgan fingerprint density at radius 2 is 1.81 bits per heavy atom. The maximum Gasteiger partial charge on any atom is 0.147 e. The van der Waals surface area contributed by atoms with E-state index in [1.165, 1.54) is 25.7 Å². The van der Waals surface area contributed by atoms with Gasteiger partial charge in [-0.05, 0) is 43.9 Å². The molecule has 3 nitrogen and oxygen atoms in total. The molecule has 1 aromatic rings. The van der Waals surface area contributed by atoms with Crippen molar-refractivity contribution < 1.29 is 0 Å². The zero-order valence-corrected chi connectivity index (χ0v) is 10.9. The topological polar surface area (TPSA) is 30.7 Å². The molecular weight excluding hydrogens is 198 g/mol. The van der Waals surface area contributed by atoms with E-state index in [0.717, 1.165) is 11.7 Å². The van der Waals surface area contributed by atoms with E-state index in [4.69, 9.17) is 0 Å². The van der Waals surface area contributed by atoms with Crippen LogP contribution in [-0.4, -0.2) is 14.8 Å². The van der Waals surface area contributed by atoms with E-state index >= 15 is 0 Å². The van der Waals surface area contributed by atoms with Crippen molar-refractivity contribution in [1.82, 2.24) is 14.8 Å². The molecule has 0 saturated heterocycles. The third-order valence-corrected chi connectivity index (χ3v) is 3.92. The molecule has 1 fully saturated rings. The molecule has 1 aromatic heterocycles.